The number of benzene rings is 1. The van der Waals surface area contributed by atoms with Crippen LogP contribution in [0.15, 0.2) is 59.7 Å². The van der Waals surface area contributed by atoms with E-state index in [1.807, 2.05) is 0 Å². The summed E-state index contributed by atoms with van der Waals surface area (Å²) < 4.78 is 1.37. The monoisotopic (exact) mass is 362 g/mol. The molecule has 27 heavy (non-hydrogen) atoms. The highest BCUT2D eigenvalue weighted by molar-refractivity contribution is 5.94. The van der Waals surface area contributed by atoms with Crippen LogP contribution in [0.4, 0.5) is 0 Å². The van der Waals surface area contributed by atoms with Gasteiger partial charge in [0.2, 0.25) is 5.91 Å². The standard InChI is InChI=1S/C20H18N4O3/c21-18(25)14-6-4-13(5-7-14)12-24(15-8-9-15)20(27)16-11-22-17-3-1-2-10-23(17)19(16)26/h1-7,10-11,15H,8-9,12H2,(H2,21,25). The number of aromatic nitrogens is 2. The van der Waals surface area contributed by atoms with E-state index in [1.165, 1.54) is 10.6 Å². The molecule has 2 N–H and O–H groups in total. The Hall–Kier alpha value is -3.48. The molecule has 7 nitrogen and oxygen atoms in total. The molecule has 1 aliphatic carbocycles. The lowest BCUT2D eigenvalue weighted by Crippen LogP contribution is -2.37. The summed E-state index contributed by atoms with van der Waals surface area (Å²) in [4.78, 5) is 42.9. The van der Waals surface area contributed by atoms with Gasteiger partial charge in [0.05, 0.1) is 0 Å². The molecule has 1 saturated carbocycles. The number of pyridine rings is 1. The zero-order valence-electron chi connectivity index (χ0n) is 14.5. The quantitative estimate of drug-likeness (QED) is 0.745. The Morgan fingerprint density at radius 1 is 1.15 bits per heavy atom. The highest BCUT2D eigenvalue weighted by Gasteiger charge is 2.34. The molecule has 0 unspecified atom stereocenters. The summed E-state index contributed by atoms with van der Waals surface area (Å²) in [6.45, 7) is 0.361. The Kier molecular flexibility index (Phi) is 4.19. The Labute approximate surface area is 155 Å². The molecule has 4 rings (SSSR count). The normalized spacial score (nSPS) is 13.5. The number of amides is 2. The van der Waals surface area contributed by atoms with E-state index < -0.39 is 5.91 Å². The van der Waals surface area contributed by atoms with Crippen LogP contribution in [-0.4, -0.2) is 32.1 Å². The Bertz CT molecular complexity index is 1080. The SMILES string of the molecule is NC(=O)c1ccc(CN(C(=O)c2cnc3ccccn3c2=O)C2CC2)cc1. The topological polar surface area (TPSA) is 97.8 Å². The van der Waals surface area contributed by atoms with E-state index in [-0.39, 0.29) is 23.1 Å². The molecule has 1 aromatic carbocycles. The van der Waals surface area contributed by atoms with Crippen molar-refractivity contribution in [3.05, 3.63) is 81.9 Å². The largest absolute Gasteiger partial charge is 0.366 e. The fourth-order valence-electron chi connectivity index (χ4n) is 3.05. The Balaban J connectivity index is 1.64. The fourth-order valence-corrected chi connectivity index (χ4v) is 3.05. The average molecular weight is 362 g/mol. The molecular formula is C20H18N4O3. The molecule has 0 radical (unpaired) electrons. The van der Waals surface area contributed by atoms with Gasteiger partial charge in [-0.3, -0.25) is 18.8 Å². The minimum absolute atomic E-state index is 0.0550. The zero-order valence-corrected chi connectivity index (χ0v) is 14.5. The summed E-state index contributed by atoms with van der Waals surface area (Å²) in [7, 11) is 0. The van der Waals surface area contributed by atoms with Gasteiger partial charge in [0.25, 0.3) is 11.5 Å². The summed E-state index contributed by atoms with van der Waals surface area (Å²) in [6.07, 6.45) is 4.78. The molecule has 0 atom stereocenters. The predicted octanol–water partition coefficient (Wildman–Crippen LogP) is 1.60. The van der Waals surface area contributed by atoms with Gasteiger partial charge >= 0.3 is 0 Å². The van der Waals surface area contributed by atoms with Crippen molar-refractivity contribution in [2.24, 2.45) is 5.73 Å². The molecule has 3 aromatic rings. The van der Waals surface area contributed by atoms with Crippen molar-refractivity contribution in [1.29, 1.82) is 0 Å². The Morgan fingerprint density at radius 2 is 1.89 bits per heavy atom. The number of hydrogen-bond donors (Lipinski definition) is 1. The van der Waals surface area contributed by atoms with Gasteiger partial charge in [0.15, 0.2) is 0 Å². The number of carbonyl (C=O) groups excluding carboxylic acids is 2. The molecule has 2 amide bonds. The van der Waals surface area contributed by atoms with Crippen molar-refractivity contribution in [1.82, 2.24) is 14.3 Å². The molecule has 7 heteroatoms. The zero-order chi connectivity index (χ0) is 19.0. The van der Waals surface area contributed by atoms with E-state index in [9.17, 15) is 14.4 Å². The lowest BCUT2D eigenvalue weighted by Gasteiger charge is -2.22. The first-order valence-electron chi connectivity index (χ1n) is 8.71. The smallest absolute Gasteiger partial charge is 0.270 e. The van der Waals surface area contributed by atoms with Crippen LogP contribution < -0.4 is 11.3 Å². The number of nitrogens with two attached hydrogens (primary N) is 1. The van der Waals surface area contributed by atoms with E-state index in [0.29, 0.717) is 17.8 Å². The van der Waals surface area contributed by atoms with Crippen molar-refractivity contribution in [2.45, 2.75) is 25.4 Å². The molecule has 1 fully saturated rings. The predicted molar refractivity (Wildman–Crippen MR) is 99.3 cm³/mol. The molecule has 1 aliphatic rings. The van der Waals surface area contributed by atoms with Crippen molar-refractivity contribution in [3.8, 4) is 0 Å². The second-order valence-electron chi connectivity index (χ2n) is 6.63. The molecule has 0 bridgehead atoms. The molecule has 2 aromatic heterocycles. The molecule has 0 spiro atoms. The maximum absolute atomic E-state index is 13.1. The van der Waals surface area contributed by atoms with Crippen LogP contribution in [0.2, 0.25) is 0 Å². The van der Waals surface area contributed by atoms with Crippen LogP contribution in [0.5, 0.6) is 0 Å². The van der Waals surface area contributed by atoms with Crippen LogP contribution >= 0.6 is 0 Å². The van der Waals surface area contributed by atoms with Gasteiger partial charge in [-0.1, -0.05) is 18.2 Å². The fraction of sp³-hybridized carbons (Fsp3) is 0.200. The molecule has 0 saturated heterocycles. The summed E-state index contributed by atoms with van der Waals surface area (Å²) in [5.74, 6) is -0.820. The van der Waals surface area contributed by atoms with Gasteiger partial charge < -0.3 is 10.6 Å². The lowest BCUT2D eigenvalue weighted by atomic mass is 10.1. The number of nitrogens with zero attached hydrogens (tertiary/aromatic N) is 3. The first-order valence-corrected chi connectivity index (χ1v) is 8.71. The first kappa shape index (κ1) is 17.0. The summed E-state index contributed by atoms with van der Waals surface area (Å²) >= 11 is 0. The van der Waals surface area contributed by atoms with Crippen LogP contribution in [0, 0.1) is 0 Å². The van der Waals surface area contributed by atoms with Crippen molar-refractivity contribution in [3.63, 3.8) is 0 Å². The lowest BCUT2D eigenvalue weighted by molar-refractivity contribution is 0.0727. The maximum atomic E-state index is 13.1. The highest BCUT2D eigenvalue weighted by Crippen LogP contribution is 2.29. The third-order valence-electron chi connectivity index (χ3n) is 4.68. The summed E-state index contributed by atoms with van der Waals surface area (Å²) in [5.41, 5.74) is 6.73. The van der Waals surface area contributed by atoms with E-state index >= 15 is 0 Å². The van der Waals surface area contributed by atoms with Crippen LogP contribution in [0.1, 0.15) is 39.1 Å². The summed E-state index contributed by atoms with van der Waals surface area (Å²) in [5, 5.41) is 0. The molecule has 0 aliphatic heterocycles. The van der Waals surface area contributed by atoms with Crippen LogP contribution in [-0.2, 0) is 6.54 Å². The van der Waals surface area contributed by atoms with Crippen molar-refractivity contribution < 1.29 is 9.59 Å². The highest BCUT2D eigenvalue weighted by atomic mass is 16.2. The van der Waals surface area contributed by atoms with E-state index in [2.05, 4.69) is 4.98 Å². The maximum Gasteiger partial charge on any atom is 0.270 e. The number of primary amides is 1. The second kappa shape index (κ2) is 6.68. The van der Waals surface area contributed by atoms with E-state index in [0.717, 1.165) is 18.4 Å². The van der Waals surface area contributed by atoms with Gasteiger partial charge in [-0.2, -0.15) is 0 Å². The molecular weight excluding hydrogens is 344 g/mol. The minimum Gasteiger partial charge on any atom is -0.366 e. The van der Waals surface area contributed by atoms with Gasteiger partial charge in [0, 0.05) is 30.5 Å². The van der Waals surface area contributed by atoms with Gasteiger partial charge in [0.1, 0.15) is 11.2 Å². The average Bonchev–Trinajstić information content (AvgIpc) is 3.51. The number of hydrogen-bond acceptors (Lipinski definition) is 4. The number of carbonyl (C=O) groups is 2. The van der Waals surface area contributed by atoms with Gasteiger partial charge in [-0.15, -0.1) is 0 Å². The third-order valence-corrected chi connectivity index (χ3v) is 4.68. The minimum atomic E-state index is -0.494. The van der Waals surface area contributed by atoms with Crippen molar-refractivity contribution >= 4 is 17.5 Å². The second-order valence-corrected chi connectivity index (χ2v) is 6.63. The third kappa shape index (κ3) is 3.31. The molecule has 136 valence electrons. The van der Waals surface area contributed by atoms with Crippen LogP contribution in [0.3, 0.4) is 0 Å². The van der Waals surface area contributed by atoms with E-state index in [1.54, 1.807) is 53.6 Å². The van der Waals surface area contributed by atoms with Gasteiger partial charge in [-0.25, -0.2) is 4.98 Å². The van der Waals surface area contributed by atoms with Gasteiger partial charge in [-0.05, 0) is 42.7 Å². The summed E-state index contributed by atoms with van der Waals surface area (Å²) in [6, 6.07) is 12.2. The first-order chi connectivity index (χ1) is 13.0. The number of rotatable bonds is 5. The van der Waals surface area contributed by atoms with E-state index in [4.69, 9.17) is 5.73 Å². The Morgan fingerprint density at radius 3 is 2.56 bits per heavy atom. The number of fused-ring (bicyclic) bond motifs is 1. The molecule has 2 heterocycles. The van der Waals surface area contributed by atoms with Crippen molar-refractivity contribution in [2.75, 3.05) is 0 Å². The van der Waals surface area contributed by atoms with Crippen LogP contribution in [0.25, 0.3) is 5.65 Å².